The second-order valence-corrected chi connectivity index (χ2v) is 8.37. The van der Waals surface area contributed by atoms with Crippen LogP contribution in [0.2, 0.25) is 0 Å². The summed E-state index contributed by atoms with van der Waals surface area (Å²) in [6.07, 6.45) is 1.74. The fourth-order valence-corrected chi connectivity index (χ4v) is 4.00. The van der Waals surface area contributed by atoms with Gasteiger partial charge in [0.15, 0.2) is 0 Å². The Labute approximate surface area is 189 Å². The third-order valence-electron chi connectivity index (χ3n) is 6.10. The van der Waals surface area contributed by atoms with Gasteiger partial charge in [-0.2, -0.15) is 0 Å². The van der Waals surface area contributed by atoms with Gasteiger partial charge in [-0.05, 0) is 78.8 Å². The molecule has 4 rings (SSSR count). The van der Waals surface area contributed by atoms with Crippen LogP contribution in [0.15, 0.2) is 66.7 Å². The lowest BCUT2D eigenvalue weighted by Gasteiger charge is -2.30. The molecule has 1 aliphatic rings. The standard InChI is InChI=1S/C27H29N3O2/c1-19-7-10-24(17-20(19)2)29-27(32)26(31)28-15-13-21-8-11-25(12-9-21)30-16-14-22-5-3-4-6-23(22)18-30/h3-12,17H,13-16,18H2,1-2H3,(H,28,31)(H,29,32). The lowest BCUT2D eigenvalue weighted by Crippen LogP contribution is -2.36. The second kappa shape index (κ2) is 9.69. The molecule has 3 aromatic rings. The minimum atomic E-state index is -0.644. The van der Waals surface area contributed by atoms with Crippen molar-refractivity contribution < 1.29 is 9.59 Å². The van der Waals surface area contributed by atoms with Crippen molar-refractivity contribution >= 4 is 23.2 Å². The smallest absolute Gasteiger partial charge is 0.313 e. The van der Waals surface area contributed by atoms with Gasteiger partial charge in [0.2, 0.25) is 0 Å². The van der Waals surface area contributed by atoms with Gasteiger partial charge < -0.3 is 15.5 Å². The first-order valence-corrected chi connectivity index (χ1v) is 11.1. The summed E-state index contributed by atoms with van der Waals surface area (Å²) in [5.74, 6) is -1.26. The summed E-state index contributed by atoms with van der Waals surface area (Å²) < 4.78 is 0. The van der Waals surface area contributed by atoms with E-state index in [1.165, 1.54) is 16.8 Å². The second-order valence-electron chi connectivity index (χ2n) is 8.37. The number of carbonyl (C=O) groups is 2. The Morgan fingerprint density at radius 1 is 0.875 bits per heavy atom. The van der Waals surface area contributed by atoms with Crippen molar-refractivity contribution in [2.75, 3.05) is 23.3 Å². The van der Waals surface area contributed by atoms with E-state index in [1.807, 2.05) is 26.0 Å². The normalized spacial score (nSPS) is 12.8. The summed E-state index contributed by atoms with van der Waals surface area (Å²) in [4.78, 5) is 26.6. The van der Waals surface area contributed by atoms with Gasteiger partial charge >= 0.3 is 11.8 Å². The highest BCUT2D eigenvalue weighted by Gasteiger charge is 2.16. The molecule has 164 valence electrons. The van der Waals surface area contributed by atoms with Gasteiger partial charge in [-0.1, -0.05) is 42.5 Å². The van der Waals surface area contributed by atoms with Gasteiger partial charge in [0.1, 0.15) is 0 Å². The van der Waals surface area contributed by atoms with Crippen molar-refractivity contribution in [3.05, 3.63) is 94.5 Å². The van der Waals surface area contributed by atoms with Gasteiger partial charge in [-0.15, -0.1) is 0 Å². The third-order valence-corrected chi connectivity index (χ3v) is 6.10. The number of carbonyl (C=O) groups excluding carboxylic acids is 2. The predicted octanol–water partition coefficient (Wildman–Crippen LogP) is 4.16. The van der Waals surface area contributed by atoms with E-state index >= 15 is 0 Å². The van der Waals surface area contributed by atoms with E-state index in [9.17, 15) is 9.59 Å². The van der Waals surface area contributed by atoms with Crippen LogP contribution in [0.25, 0.3) is 0 Å². The molecule has 2 N–H and O–H groups in total. The van der Waals surface area contributed by atoms with Crippen LogP contribution in [0.5, 0.6) is 0 Å². The van der Waals surface area contributed by atoms with Crippen LogP contribution in [0.1, 0.15) is 27.8 Å². The zero-order chi connectivity index (χ0) is 22.5. The number of rotatable bonds is 5. The molecule has 0 atom stereocenters. The Morgan fingerprint density at radius 2 is 1.62 bits per heavy atom. The number of amides is 2. The minimum Gasteiger partial charge on any atom is -0.367 e. The van der Waals surface area contributed by atoms with E-state index in [0.717, 1.165) is 36.2 Å². The minimum absolute atomic E-state index is 0.412. The van der Waals surface area contributed by atoms with Gasteiger partial charge in [0.05, 0.1) is 0 Å². The Bertz CT molecular complexity index is 1120. The summed E-state index contributed by atoms with van der Waals surface area (Å²) in [6, 6.07) is 22.7. The molecule has 5 nitrogen and oxygen atoms in total. The largest absolute Gasteiger partial charge is 0.367 e. The quantitative estimate of drug-likeness (QED) is 0.601. The van der Waals surface area contributed by atoms with Crippen molar-refractivity contribution in [3.8, 4) is 0 Å². The number of hydrogen-bond donors (Lipinski definition) is 2. The summed E-state index contributed by atoms with van der Waals surface area (Å²) in [5.41, 5.74) is 8.01. The maximum absolute atomic E-state index is 12.1. The fourth-order valence-electron chi connectivity index (χ4n) is 4.00. The molecule has 0 bridgehead atoms. The first-order valence-electron chi connectivity index (χ1n) is 11.1. The van der Waals surface area contributed by atoms with Crippen LogP contribution in [-0.4, -0.2) is 24.9 Å². The Kier molecular flexibility index (Phi) is 6.55. The number of fused-ring (bicyclic) bond motifs is 1. The van der Waals surface area contributed by atoms with Crippen molar-refractivity contribution in [2.45, 2.75) is 33.2 Å². The molecule has 32 heavy (non-hydrogen) atoms. The summed E-state index contributed by atoms with van der Waals surface area (Å²) in [5, 5.41) is 5.36. The Balaban J connectivity index is 1.25. The molecule has 1 heterocycles. The number of nitrogens with one attached hydrogen (secondary N) is 2. The highest BCUT2D eigenvalue weighted by Crippen LogP contribution is 2.24. The molecule has 0 aromatic heterocycles. The summed E-state index contributed by atoms with van der Waals surface area (Å²) in [6.45, 7) is 6.34. The molecular formula is C27H29N3O2. The average Bonchev–Trinajstić information content (AvgIpc) is 2.81. The topological polar surface area (TPSA) is 61.4 Å². The Morgan fingerprint density at radius 3 is 2.38 bits per heavy atom. The molecule has 0 saturated heterocycles. The third kappa shape index (κ3) is 5.17. The van der Waals surface area contributed by atoms with Crippen LogP contribution in [0.4, 0.5) is 11.4 Å². The SMILES string of the molecule is Cc1ccc(NC(=O)C(=O)NCCc2ccc(N3CCc4ccccc4C3)cc2)cc1C. The van der Waals surface area contributed by atoms with Gasteiger partial charge in [-0.3, -0.25) is 9.59 Å². The lowest BCUT2D eigenvalue weighted by atomic mass is 9.99. The van der Waals surface area contributed by atoms with E-state index < -0.39 is 11.8 Å². The lowest BCUT2D eigenvalue weighted by molar-refractivity contribution is -0.136. The van der Waals surface area contributed by atoms with Crippen LogP contribution in [-0.2, 0) is 29.0 Å². The van der Waals surface area contributed by atoms with Crippen LogP contribution >= 0.6 is 0 Å². The van der Waals surface area contributed by atoms with E-state index in [0.29, 0.717) is 18.7 Å². The Hall–Kier alpha value is -3.60. The van der Waals surface area contributed by atoms with E-state index in [-0.39, 0.29) is 0 Å². The molecule has 2 amide bonds. The average molecular weight is 428 g/mol. The summed E-state index contributed by atoms with van der Waals surface area (Å²) >= 11 is 0. The first kappa shape index (κ1) is 21.6. The van der Waals surface area contributed by atoms with Gasteiger partial charge in [0.25, 0.3) is 0 Å². The van der Waals surface area contributed by atoms with E-state index in [4.69, 9.17) is 0 Å². The first-order chi connectivity index (χ1) is 15.5. The molecule has 0 saturated carbocycles. The van der Waals surface area contributed by atoms with Crippen LogP contribution < -0.4 is 15.5 Å². The predicted molar refractivity (Wildman–Crippen MR) is 129 cm³/mol. The molecule has 0 unspecified atom stereocenters. The number of nitrogens with zero attached hydrogens (tertiary/aromatic N) is 1. The molecule has 0 radical (unpaired) electrons. The molecule has 5 heteroatoms. The van der Waals surface area contributed by atoms with Crippen molar-refractivity contribution in [1.29, 1.82) is 0 Å². The molecular weight excluding hydrogens is 398 g/mol. The van der Waals surface area contributed by atoms with Crippen LogP contribution in [0.3, 0.4) is 0 Å². The van der Waals surface area contributed by atoms with Gasteiger partial charge in [0, 0.05) is 31.0 Å². The number of hydrogen-bond acceptors (Lipinski definition) is 3. The van der Waals surface area contributed by atoms with Crippen molar-refractivity contribution in [2.24, 2.45) is 0 Å². The summed E-state index contributed by atoms with van der Waals surface area (Å²) in [7, 11) is 0. The highest BCUT2D eigenvalue weighted by molar-refractivity contribution is 6.39. The molecule has 0 fully saturated rings. The zero-order valence-electron chi connectivity index (χ0n) is 18.7. The maximum atomic E-state index is 12.1. The zero-order valence-corrected chi connectivity index (χ0v) is 18.7. The number of anilines is 2. The molecule has 3 aromatic carbocycles. The van der Waals surface area contributed by atoms with E-state index in [1.54, 1.807) is 6.07 Å². The van der Waals surface area contributed by atoms with Crippen LogP contribution in [0, 0.1) is 13.8 Å². The molecule has 0 aliphatic carbocycles. The van der Waals surface area contributed by atoms with Crippen molar-refractivity contribution in [3.63, 3.8) is 0 Å². The van der Waals surface area contributed by atoms with Gasteiger partial charge in [-0.25, -0.2) is 0 Å². The number of benzene rings is 3. The fraction of sp³-hybridized carbons (Fsp3) is 0.259. The maximum Gasteiger partial charge on any atom is 0.313 e. The molecule has 1 aliphatic heterocycles. The number of aryl methyl sites for hydroxylation is 2. The highest BCUT2D eigenvalue weighted by atomic mass is 16.2. The monoisotopic (exact) mass is 427 g/mol. The van der Waals surface area contributed by atoms with E-state index in [2.05, 4.69) is 64.1 Å². The van der Waals surface area contributed by atoms with Crippen molar-refractivity contribution in [1.82, 2.24) is 5.32 Å². The molecule has 0 spiro atoms.